The first-order valence-electron chi connectivity index (χ1n) is 11.4. The summed E-state index contributed by atoms with van der Waals surface area (Å²) in [6, 6.07) is 15.2. The summed E-state index contributed by atoms with van der Waals surface area (Å²) in [7, 11) is 0. The van der Waals surface area contributed by atoms with Gasteiger partial charge in [-0.1, -0.05) is 37.3 Å². The third kappa shape index (κ3) is 3.94. The molecule has 0 aromatic heterocycles. The van der Waals surface area contributed by atoms with E-state index in [0.717, 1.165) is 11.3 Å². The topological polar surface area (TPSA) is 99.1 Å². The van der Waals surface area contributed by atoms with Gasteiger partial charge < -0.3 is 25.2 Å². The lowest BCUT2D eigenvalue weighted by molar-refractivity contribution is -0.146. The fraction of sp³-hybridized carbons (Fsp3) is 0.462. The molecule has 2 aromatic rings. The van der Waals surface area contributed by atoms with E-state index in [1.54, 1.807) is 30.9 Å². The number of aliphatic hydroxyl groups excluding tert-OH is 1. The first-order valence-corrected chi connectivity index (χ1v) is 11.4. The Morgan fingerprint density at radius 2 is 1.91 bits per heavy atom. The highest BCUT2D eigenvalue weighted by atomic mass is 16.5. The quantitative estimate of drug-likeness (QED) is 0.625. The Morgan fingerprint density at radius 1 is 1.21 bits per heavy atom. The van der Waals surface area contributed by atoms with Gasteiger partial charge in [-0.2, -0.15) is 0 Å². The van der Waals surface area contributed by atoms with Crippen LogP contribution in [0.1, 0.15) is 45.2 Å². The second kappa shape index (κ2) is 8.56. The Kier molecular flexibility index (Phi) is 6.07. The van der Waals surface area contributed by atoms with Gasteiger partial charge in [-0.25, -0.2) is 0 Å². The van der Waals surface area contributed by atoms with Crippen molar-refractivity contribution in [2.24, 2.45) is 11.8 Å². The molecule has 3 N–H and O–H groups in total. The molecule has 4 rings (SSSR count). The maximum absolute atomic E-state index is 14.1. The minimum Gasteiger partial charge on any atom is -0.396 e. The van der Waals surface area contributed by atoms with E-state index in [0.29, 0.717) is 24.2 Å². The summed E-state index contributed by atoms with van der Waals surface area (Å²) < 4.78 is 6.54. The second-order valence-corrected chi connectivity index (χ2v) is 9.66. The van der Waals surface area contributed by atoms with E-state index in [1.807, 2.05) is 43.3 Å². The Morgan fingerprint density at radius 3 is 2.52 bits per heavy atom. The van der Waals surface area contributed by atoms with Crippen molar-refractivity contribution >= 4 is 23.2 Å². The van der Waals surface area contributed by atoms with Crippen molar-refractivity contribution in [2.45, 2.75) is 58.0 Å². The number of benzene rings is 2. The van der Waals surface area contributed by atoms with Crippen molar-refractivity contribution in [3.63, 3.8) is 0 Å². The lowest BCUT2D eigenvalue weighted by Crippen LogP contribution is -2.46. The van der Waals surface area contributed by atoms with Gasteiger partial charge in [0.05, 0.1) is 23.9 Å². The van der Waals surface area contributed by atoms with E-state index in [9.17, 15) is 19.8 Å². The molecule has 7 heteroatoms. The molecule has 7 nitrogen and oxygen atoms in total. The molecule has 2 heterocycles. The predicted octanol–water partition coefficient (Wildman–Crippen LogP) is 3.19. The molecule has 0 aliphatic carbocycles. The summed E-state index contributed by atoms with van der Waals surface area (Å²) in [6.07, 6.45) is -0.184. The SMILES string of the molecule is CC(=O)Nc1ccc2c(c1)[C@]1(O[C@@H](CCO)[C@H](C(C)(C)O)[C@H]1C)C(=O)N2Cc1ccccc1. The van der Waals surface area contributed by atoms with E-state index in [1.165, 1.54) is 6.92 Å². The van der Waals surface area contributed by atoms with Gasteiger partial charge in [0.1, 0.15) is 0 Å². The van der Waals surface area contributed by atoms with Gasteiger partial charge in [0.15, 0.2) is 5.60 Å². The van der Waals surface area contributed by atoms with E-state index in [-0.39, 0.29) is 30.3 Å². The summed E-state index contributed by atoms with van der Waals surface area (Å²) in [5.41, 5.74) is 0.530. The number of carbonyl (C=O) groups excluding carboxylic acids is 2. The maximum Gasteiger partial charge on any atom is 0.264 e. The summed E-state index contributed by atoms with van der Waals surface area (Å²) in [5, 5.41) is 23.5. The highest BCUT2D eigenvalue weighted by Crippen LogP contribution is 2.58. The number of rotatable bonds is 6. The molecule has 33 heavy (non-hydrogen) atoms. The summed E-state index contributed by atoms with van der Waals surface area (Å²) in [4.78, 5) is 27.6. The molecular formula is C26H32N2O5. The van der Waals surface area contributed by atoms with Crippen molar-refractivity contribution in [2.75, 3.05) is 16.8 Å². The average molecular weight is 453 g/mol. The number of hydrogen-bond donors (Lipinski definition) is 3. The molecule has 4 atom stereocenters. The summed E-state index contributed by atoms with van der Waals surface area (Å²) in [6.45, 7) is 7.07. The van der Waals surface area contributed by atoms with Crippen LogP contribution in [0.25, 0.3) is 0 Å². The van der Waals surface area contributed by atoms with E-state index >= 15 is 0 Å². The molecule has 0 bridgehead atoms. The number of carbonyl (C=O) groups is 2. The molecule has 0 radical (unpaired) electrons. The van der Waals surface area contributed by atoms with Crippen molar-refractivity contribution < 1.29 is 24.5 Å². The molecular weight excluding hydrogens is 420 g/mol. The van der Waals surface area contributed by atoms with Crippen LogP contribution in [0, 0.1) is 11.8 Å². The monoisotopic (exact) mass is 452 g/mol. The Labute approximate surface area is 194 Å². The zero-order chi connectivity index (χ0) is 24.0. The fourth-order valence-corrected chi connectivity index (χ4v) is 5.68. The van der Waals surface area contributed by atoms with Gasteiger partial charge in [0, 0.05) is 36.6 Å². The van der Waals surface area contributed by atoms with Crippen LogP contribution < -0.4 is 10.2 Å². The zero-order valence-corrected chi connectivity index (χ0v) is 19.5. The Hall–Kier alpha value is -2.74. The lowest BCUT2D eigenvalue weighted by Gasteiger charge is -2.34. The largest absolute Gasteiger partial charge is 0.396 e. The van der Waals surface area contributed by atoms with E-state index in [2.05, 4.69) is 5.32 Å². The second-order valence-electron chi connectivity index (χ2n) is 9.66. The molecule has 2 aromatic carbocycles. The predicted molar refractivity (Wildman–Crippen MR) is 126 cm³/mol. The number of nitrogens with zero attached hydrogens (tertiary/aromatic N) is 1. The van der Waals surface area contributed by atoms with Gasteiger partial charge in [-0.05, 0) is 44.0 Å². The molecule has 1 spiro atoms. The molecule has 2 amide bonds. The molecule has 0 unspecified atom stereocenters. The van der Waals surface area contributed by atoms with Crippen molar-refractivity contribution in [3.8, 4) is 0 Å². The first-order chi connectivity index (χ1) is 15.6. The molecule has 176 valence electrons. The van der Waals surface area contributed by atoms with Crippen LogP contribution in [0.4, 0.5) is 11.4 Å². The molecule has 2 aliphatic heterocycles. The smallest absolute Gasteiger partial charge is 0.264 e. The lowest BCUT2D eigenvalue weighted by atomic mass is 9.71. The zero-order valence-electron chi connectivity index (χ0n) is 19.5. The number of aliphatic hydroxyl groups is 2. The van der Waals surface area contributed by atoms with Gasteiger partial charge in [-0.15, -0.1) is 0 Å². The number of hydrogen-bond acceptors (Lipinski definition) is 5. The van der Waals surface area contributed by atoms with Crippen LogP contribution in [0.3, 0.4) is 0 Å². The third-order valence-electron chi connectivity index (χ3n) is 6.90. The van der Waals surface area contributed by atoms with Crippen LogP contribution in [-0.4, -0.2) is 40.3 Å². The highest BCUT2D eigenvalue weighted by molar-refractivity contribution is 6.08. The third-order valence-corrected chi connectivity index (χ3v) is 6.90. The maximum atomic E-state index is 14.1. The van der Waals surface area contributed by atoms with Crippen LogP contribution in [-0.2, 0) is 26.5 Å². The number of fused-ring (bicyclic) bond motifs is 2. The van der Waals surface area contributed by atoms with Crippen LogP contribution in [0.5, 0.6) is 0 Å². The number of ether oxygens (including phenoxy) is 1. The number of anilines is 2. The molecule has 2 aliphatic rings. The van der Waals surface area contributed by atoms with Crippen molar-refractivity contribution in [1.82, 2.24) is 0 Å². The van der Waals surface area contributed by atoms with E-state index in [4.69, 9.17) is 4.74 Å². The number of amides is 2. The molecule has 0 saturated carbocycles. The van der Waals surface area contributed by atoms with Crippen LogP contribution >= 0.6 is 0 Å². The molecule has 1 fully saturated rings. The Bertz CT molecular complexity index is 1050. The van der Waals surface area contributed by atoms with Crippen LogP contribution in [0.2, 0.25) is 0 Å². The minimum absolute atomic E-state index is 0.110. The fourth-order valence-electron chi connectivity index (χ4n) is 5.68. The standard InChI is InChI=1S/C26H32N2O5/c1-16-23(25(3,4)32)22(12-13-29)33-26(16)20-14-19(27-17(2)30)10-11-21(20)28(24(26)31)15-18-8-6-5-7-9-18/h5-11,14,16,22-23,29,32H,12-13,15H2,1-4H3,(H,27,30)/t16-,22+,23-,26+/m1/s1. The Balaban J connectivity index is 1.86. The van der Waals surface area contributed by atoms with Crippen molar-refractivity contribution in [1.29, 1.82) is 0 Å². The van der Waals surface area contributed by atoms with Crippen LogP contribution in [0.15, 0.2) is 48.5 Å². The van der Waals surface area contributed by atoms with E-state index < -0.39 is 17.3 Å². The van der Waals surface area contributed by atoms with Gasteiger partial charge in [0.25, 0.3) is 5.91 Å². The first kappa shape index (κ1) is 23.4. The van der Waals surface area contributed by atoms with Gasteiger partial charge in [-0.3, -0.25) is 9.59 Å². The summed E-state index contributed by atoms with van der Waals surface area (Å²) >= 11 is 0. The average Bonchev–Trinajstić information content (AvgIpc) is 3.16. The normalized spacial score (nSPS) is 26.7. The van der Waals surface area contributed by atoms with Crippen molar-refractivity contribution in [3.05, 3.63) is 59.7 Å². The summed E-state index contributed by atoms with van der Waals surface area (Å²) in [5.74, 6) is -1.14. The van der Waals surface area contributed by atoms with Gasteiger partial charge >= 0.3 is 0 Å². The minimum atomic E-state index is -1.32. The van der Waals surface area contributed by atoms with Gasteiger partial charge in [0.2, 0.25) is 5.91 Å². The number of nitrogens with one attached hydrogen (secondary N) is 1. The molecule has 1 saturated heterocycles. The highest BCUT2D eigenvalue weighted by Gasteiger charge is 2.65.